The van der Waals surface area contributed by atoms with Crippen LogP contribution in [0.3, 0.4) is 0 Å². The number of hydrogen-bond donors (Lipinski definition) is 0. The lowest BCUT2D eigenvalue weighted by molar-refractivity contribution is 0.439. The molecule has 0 N–H and O–H groups in total. The van der Waals surface area contributed by atoms with Crippen LogP contribution in [-0.2, 0) is 18.9 Å². The highest BCUT2D eigenvalue weighted by atomic mass is 32.2. The standard InChI is InChI=1S/C22H28N4OS/c1-6-22(4)13-15-9-7-8-10-16(15)18-17(22)19(27)26-20(23-18)25(5)24-21(26)28-12-11-14(2)3/h7-10,14H,6,11-13H2,1-5H3. The molecule has 6 heteroatoms. The fourth-order valence-corrected chi connectivity index (χ4v) is 5.30. The zero-order chi connectivity index (χ0) is 20.1. The molecule has 0 amide bonds. The van der Waals surface area contributed by atoms with Gasteiger partial charge in [0.1, 0.15) is 0 Å². The molecule has 0 saturated heterocycles. The lowest BCUT2D eigenvalue weighted by Gasteiger charge is -2.34. The van der Waals surface area contributed by atoms with Gasteiger partial charge in [-0.15, -0.1) is 5.10 Å². The molecule has 1 unspecified atom stereocenters. The largest absolute Gasteiger partial charge is 0.268 e. The molecule has 1 aromatic carbocycles. The molecule has 1 aliphatic carbocycles. The highest BCUT2D eigenvalue weighted by Crippen LogP contribution is 2.42. The van der Waals surface area contributed by atoms with Gasteiger partial charge < -0.3 is 0 Å². The minimum atomic E-state index is -0.218. The fraction of sp³-hybridized carbons (Fsp3) is 0.500. The van der Waals surface area contributed by atoms with Crippen molar-refractivity contribution >= 4 is 17.5 Å². The fourth-order valence-electron chi connectivity index (χ4n) is 4.05. The molecule has 0 aliphatic heterocycles. The van der Waals surface area contributed by atoms with Gasteiger partial charge in [0.25, 0.3) is 5.56 Å². The molecule has 148 valence electrons. The molecule has 0 fully saturated rings. The summed E-state index contributed by atoms with van der Waals surface area (Å²) in [5.74, 6) is 2.19. The van der Waals surface area contributed by atoms with Crippen LogP contribution < -0.4 is 5.56 Å². The van der Waals surface area contributed by atoms with Crippen molar-refractivity contribution in [3.63, 3.8) is 0 Å². The lowest BCUT2D eigenvalue weighted by atomic mass is 9.69. The molecule has 1 atom stereocenters. The van der Waals surface area contributed by atoms with Crippen molar-refractivity contribution in [1.82, 2.24) is 19.2 Å². The van der Waals surface area contributed by atoms with Crippen LogP contribution in [0.25, 0.3) is 17.0 Å². The molecule has 28 heavy (non-hydrogen) atoms. The molecule has 0 saturated carbocycles. The van der Waals surface area contributed by atoms with Crippen molar-refractivity contribution in [2.24, 2.45) is 13.0 Å². The van der Waals surface area contributed by atoms with Crippen LogP contribution in [0.2, 0.25) is 0 Å². The van der Waals surface area contributed by atoms with Crippen molar-refractivity contribution < 1.29 is 0 Å². The van der Waals surface area contributed by atoms with Crippen LogP contribution in [0.5, 0.6) is 0 Å². The Morgan fingerprint density at radius 2 is 2.04 bits per heavy atom. The summed E-state index contributed by atoms with van der Waals surface area (Å²) in [6, 6.07) is 8.34. The van der Waals surface area contributed by atoms with Gasteiger partial charge in [0.05, 0.1) is 11.3 Å². The summed E-state index contributed by atoms with van der Waals surface area (Å²) in [5.41, 5.74) is 3.84. The van der Waals surface area contributed by atoms with Crippen LogP contribution in [0.4, 0.5) is 0 Å². The third kappa shape index (κ3) is 2.98. The van der Waals surface area contributed by atoms with Crippen LogP contribution in [0.15, 0.2) is 34.2 Å². The third-order valence-corrected chi connectivity index (χ3v) is 6.91. The maximum absolute atomic E-state index is 13.7. The number of nitrogens with zero attached hydrogens (tertiary/aromatic N) is 4. The van der Waals surface area contributed by atoms with Gasteiger partial charge in [-0.05, 0) is 30.7 Å². The summed E-state index contributed by atoms with van der Waals surface area (Å²) in [6.45, 7) is 8.78. The van der Waals surface area contributed by atoms with Crippen molar-refractivity contribution in [1.29, 1.82) is 0 Å². The number of hydrogen-bond acceptors (Lipinski definition) is 4. The number of aryl methyl sites for hydroxylation is 1. The second-order valence-electron chi connectivity index (χ2n) is 8.46. The number of rotatable bonds is 5. The summed E-state index contributed by atoms with van der Waals surface area (Å²) in [5, 5.41) is 5.37. The maximum Gasteiger partial charge on any atom is 0.265 e. The van der Waals surface area contributed by atoms with E-state index in [0.717, 1.165) is 47.0 Å². The number of benzene rings is 1. The van der Waals surface area contributed by atoms with Gasteiger partial charge in [-0.25, -0.2) is 14.1 Å². The summed E-state index contributed by atoms with van der Waals surface area (Å²) >= 11 is 1.65. The van der Waals surface area contributed by atoms with Crippen molar-refractivity contribution in [3.8, 4) is 11.3 Å². The Balaban J connectivity index is 1.96. The van der Waals surface area contributed by atoms with Crippen molar-refractivity contribution in [2.45, 2.75) is 57.5 Å². The van der Waals surface area contributed by atoms with Crippen LogP contribution in [-0.4, -0.2) is 24.9 Å². The van der Waals surface area contributed by atoms with Gasteiger partial charge >= 0.3 is 0 Å². The van der Waals surface area contributed by atoms with E-state index in [-0.39, 0.29) is 11.0 Å². The van der Waals surface area contributed by atoms with E-state index < -0.39 is 0 Å². The second-order valence-corrected chi connectivity index (χ2v) is 9.52. The number of aromatic nitrogens is 4. The van der Waals surface area contributed by atoms with Crippen molar-refractivity contribution in [3.05, 3.63) is 45.7 Å². The van der Waals surface area contributed by atoms with E-state index in [2.05, 4.69) is 51.0 Å². The molecular formula is C22H28N4OS. The molecule has 2 aromatic heterocycles. The summed E-state index contributed by atoms with van der Waals surface area (Å²) in [4.78, 5) is 18.7. The quantitative estimate of drug-likeness (QED) is 0.598. The summed E-state index contributed by atoms with van der Waals surface area (Å²) in [7, 11) is 1.87. The summed E-state index contributed by atoms with van der Waals surface area (Å²) in [6.07, 6.45) is 2.86. The molecule has 5 nitrogen and oxygen atoms in total. The molecule has 0 bridgehead atoms. The predicted molar refractivity (Wildman–Crippen MR) is 115 cm³/mol. The lowest BCUT2D eigenvalue weighted by Crippen LogP contribution is -2.37. The van der Waals surface area contributed by atoms with Gasteiger partial charge in [0.15, 0.2) is 5.16 Å². The summed E-state index contributed by atoms with van der Waals surface area (Å²) < 4.78 is 3.46. The second kappa shape index (κ2) is 7.07. The Hall–Kier alpha value is -2.08. The van der Waals surface area contributed by atoms with E-state index in [1.165, 1.54) is 5.56 Å². The Morgan fingerprint density at radius 1 is 1.29 bits per heavy atom. The van der Waals surface area contributed by atoms with Crippen LogP contribution in [0, 0.1) is 5.92 Å². The molecule has 0 spiro atoms. The average molecular weight is 397 g/mol. The van der Waals surface area contributed by atoms with Gasteiger partial charge in [0, 0.05) is 23.8 Å². The SMILES string of the molecule is CCC1(C)Cc2ccccc2-c2nc3n(C)nc(SCCC(C)C)n3c(=O)c21. The van der Waals surface area contributed by atoms with Crippen molar-refractivity contribution in [2.75, 3.05) is 5.75 Å². The first-order valence-corrected chi connectivity index (χ1v) is 11.1. The maximum atomic E-state index is 13.7. The predicted octanol–water partition coefficient (Wildman–Crippen LogP) is 4.46. The molecule has 3 aromatic rings. The van der Waals surface area contributed by atoms with E-state index in [0.29, 0.717) is 11.7 Å². The molecule has 0 radical (unpaired) electrons. The minimum Gasteiger partial charge on any atom is -0.268 e. The van der Waals surface area contributed by atoms with Crippen LogP contribution in [0.1, 0.15) is 51.7 Å². The Morgan fingerprint density at radius 3 is 2.75 bits per heavy atom. The smallest absolute Gasteiger partial charge is 0.265 e. The Kier molecular flexibility index (Phi) is 4.86. The monoisotopic (exact) mass is 396 g/mol. The number of fused-ring (bicyclic) bond motifs is 4. The van der Waals surface area contributed by atoms with Crippen LogP contribution >= 0.6 is 11.8 Å². The minimum absolute atomic E-state index is 0.0407. The highest BCUT2D eigenvalue weighted by Gasteiger charge is 2.38. The Bertz CT molecular complexity index is 1100. The molecule has 1 aliphatic rings. The first kappa shape index (κ1) is 19.2. The zero-order valence-corrected chi connectivity index (χ0v) is 18.1. The first-order valence-electron chi connectivity index (χ1n) is 10.1. The van der Waals surface area contributed by atoms with E-state index in [1.807, 2.05) is 13.1 Å². The van der Waals surface area contributed by atoms with Gasteiger partial charge in [-0.2, -0.15) is 0 Å². The zero-order valence-electron chi connectivity index (χ0n) is 17.3. The van der Waals surface area contributed by atoms with E-state index in [1.54, 1.807) is 20.8 Å². The Labute approximate surface area is 170 Å². The molecular weight excluding hydrogens is 368 g/mol. The first-order chi connectivity index (χ1) is 13.4. The topological polar surface area (TPSA) is 52.2 Å². The molecule has 4 rings (SSSR count). The normalized spacial score (nSPS) is 18.5. The molecule has 2 heterocycles. The van der Waals surface area contributed by atoms with E-state index >= 15 is 0 Å². The highest BCUT2D eigenvalue weighted by molar-refractivity contribution is 7.99. The third-order valence-electron chi connectivity index (χ3n) is 5.95. The van der Waals surface area contributed by atoms with Gasteiger partial charge in [-0.1, -0.05) is 63.7 Å². The number of thioether (sulfide) groups is 1. The van der Waals surface area contributed by atoms with Gasteiger partial charge in [0.2, 0.25) is 5.78 Å². The average Bonchev–Trinajstić information content (AvgIpc) is 2.97. The van der Waals surface area contributed by atoms with E-state index in [9.17, 15) is 4.79 Å². The van der Waals surface area contributed by atoms with Gasteiger partial charge in [-0.3, -0.25) is 4.79 Å². The van der Waals surface area contributed by atoms with E-state index in [4.69, 9.17) is 4.98 Å².